The van der Waals surface area contributed by atoms with E-state index in [0.29, 0.717) is 17.3 Å². The van der Waals surface area contributed by atoms with Gasteiger partial charge >= 0.3 is 0 Å². The van der Waals surface area contributed by atoms with E-state index < -0.39 is 0 Å². The van der Waals surface area contributed by atoms with Gasteiger partial charge in [0.05, 0.1) is 5.69 Å². The van der Waals surface area contributed by atoms with Crippen LogP contribution in [0.4, 0.5) is 5.82 Å². The first-order chi connectivity index (χ1) is 12.5. The topological polar surface area (TPSA) is 95.6 Å². The number of rotatable bonds is 3. The van der Waals surface area contributed by atoms with Gasteiger partial charge in [0.2, 0.25) is 5.82 Å². The summed E-state index contributed by atoms with van der Waals surface area (Å²) < 4.78 is 6.96. The third-order valence-electron chi connectivity index (χ3n) is 4.17. The van der Waals surface area contributed by atoms with Crippen LogP contribution in [0.1, 0.15) is 16.7 Å². The predicted octanol–water partition coefficient (Wildman–Crippen LogP) is 3.49. The van der Waals surface area contributed by atoms with E-state index in [4.69, 9.17) is 10.3 Å². The Balaban J connectivity index is 1.74. The molecule has 0 aliphatic heterocycles. The van der Waals surface area contributed by atoms with Gasteiger partial charge < -0.3 is 10.3 Å². The van der Waals surface area contributed by atoms with Crippen LogP contribution < -0.4 is 5.73 Å². The highest BCUT2D eigenvalue weighted by Crippen LogP contribution is 2.27. The maximum atomic E-state index is 6.26. The van der Waals surface area contributed by atoms with Gasteiger partial charge in [-0.1, -0.05) is 40.7 Å². The van der Waals surface area contributed by atoms with Crippen LogP contribution in [0.25, 0.3) is 28.7 Å². The maximum absolute atomic E-state index is 6.26. The van der Waals surface area contributed by atoms with E-state index in [1.807, 2.05) is 57.2 Å². The molecule has 0 atom stereocenters. The van der Waals surface area contributed by atoms with E-state index >= 15 is 0 Å². The third kappa shape index (κ3) is 2.73. The number of aryl methyl sites for hydroxylation is 3. The van der Waals surface area contributed by atoms with Crippen LogP contribution in [0.2, 0.25) is 0 Å². The molecular formula is C19H18N6O. The van der Waals surface area contributed by atoms with E-state index in [1.54, 1.807) is 4.68 Å². The molecule has 26 heavy (non-hydrogen) atoms. The van der Waals surface area contributed by atoms with Crippen molar-refractivity contribution in [3.63, 3.8) is 0 Å². The van der Waals surface area contributed by atoms with E-state index in [0.717, 1.165) is 27.9 Å². The zero-order chi connectivity index (χ0) is 18.3. The number of benzene rings is 2. The molecule has 130 valence electrons. The number of aromatic nitrogens is 5. The number of nitrogens with zero attached hydrogens (tertiary/aromatic N) is 5. The lowest BCUT2D eigenvalue weighted by molar-refractivity contribution is 0.431. The maximum Gasteiger partial charge on any atom is 0.282 e. The average Bonchev–Trinajstić information content (AvgIpc) is 3.21. The Kier molecular flexibility index (Phi) is 3.76. The zero-order valence-electron chi connectivity index (χ0n) is 14.8. The lowest BCUT2D eigenvalue weighted by atomic mass is 10.1. The van der Waals surface area contributed by atoms with Gasteiger partial charge in [0, 0.05) is 5.56 Å². The summed E-state index contributed by atoms with van der Waals surface area (Å²) in [6.45, 7) is 6.05. The molecule has 2 aromatic heterocycles. The lowest BCUT2D eigenvalue weighted by Crippen LogP contribution is -2.03. The highest BCUT2D eigenvalue weighted by molar-refractivity contribution is 5.67. The first-order valence-electron chi connectivity index (χ1n) is 8.23. The largest absolute Gasteiger partial charge is 0.382 e. The summed E-state index contributed by atoms with van der Waals surface area (Å²) in [5.74, 6) is 1.10. The molecule has 0 aliphatic rings. The van der Waals surface area contributed by atoms with Gasteiger partial charge in [0.1, 0.15) is 0 Å². The zero-order valence-corrected chi connectivity index (χ0v) is 14.8. The number of anilines is 1. The van der Waals surface area contributed by atoms with Crippen molar-refractivity contribution in [3.05, 3.63) is 59.2 Å². The van der Waals surface area contributed by atoms with Gasteiger partial charge in [-0.25, -0.2) is 0 Å². The second-order valence-corrected chi connectivity index (χ2v) is 6.32. The molecule has 7 nitrogen and oxygen atoms in total. The normalized spacial score (nSPS) is 11.0. The quantitative estimate of drug-likeness (QED) is 0.610. The summed E-state index contributed by atoms with van der Waals surface area (Å²) in [6, 6.07) is 13.9. The highest BCUT2D eigenvalue weighted by atomic mass is 16.5. The van der Waals surface area contributed by atoms with Crippen LogP contribution in [0.5, 0.6) is 0 Å². The Morgan fingerprint density at radius 2 is 1.73 bits per heavy atom. The van der Waals surface area contributed by atoms with Crippen molar-refractivity contribution in [2.45, 2.75) is 20.8 Å². The van der Waals surface area contributed by atoms with Crippen LogP contribution in [0, 0.1) is 20.8 Å². The van der Waals surface area contributed by atoms with Gasteiger partial charge in [-0.3, -0.25) is 0 Å². The first kappa shape index (κ1) is 16.0. The molecule has 0 bridgehead atoms. The van der Waals surface area contributed by atoms with E-state index in [1.165, 1.54) is 0 Å². The van der Waals surface area contributed by atoms with E-state index in [2.05, 4.69) is 26.5 Å². The van der Waals surface area contributed by atoms with Gasteiger partial charge in [0.25, 0.3) is 5.89 Å². The molecule has 0 saturated carbocycles. The van der Waals surface area contributed by atoms with Crippen molar-refractivity contribution < 1.29 is 4.52 Å². The molecule has 0 aliphatic carbocycles. The second-order valence-electron chi connectivity index (χ2n) is 6.32. The van der Waals surface area contributed by atoms with Crippen molar-refractivity contribution in [2.75, 3.05) is 5.73 Å². The van der Waals surface area contributed by atoms with Crippen LogP contribution >= 0.6 is 0 Å². The fourth-order valence-corrected chi connectivity index (χ4v) is 2.96. The fraction of sp³-hybridized carbons (Fsp3) is 0.158. The minimum Gasteiger partial charge on any atom is -0.382 e. The minimum atomic E-state index is 0.247. The number of nitrogen functional groups attached to an aromatic ring is 1. The van der Waals surface area contributed by atoms with Gasteiger partial charge in [-0.2, -0.15) is 9.67 Å². The molecule has 2 aromatic carbocycles. The van der Waals surface area contributed by atoms with Crippen molar-refractivity contribution in [3.8, 4) is 28.7 Å². The van der Waals surface area contributed by atoms with Gasteiger partial charge in [0.15, 0.2) is 11.5 Å². The Morgan fingerprint density at radius 3 is 2.46 bits per heavy atom. The second kappa shape index (κ2) is 6.11. The lowest BCUT2D eigenvalue weighted by Gasteiger charge is -2.05. The summed E-state index contributed by atoms with van der Waals surface area (Å²) in [4.78, 5) is 4.44. The molecule has 0 spiro atoms. The summed E-state index contributed by atoms with van der Waals surface area (Å²) in [5, 5.41) is 12.4. The molecule has 0 amide bonds. The standard InChI is InChI=1S/C19H18N6O/c1-11-8-12(2)10-14(9-11)25-17(20)16(22-24-25)19-21-18(23-26-19)15-7-5-4-6-13(15)3/h4-10H,20H2,1-3H3. The molecular weight excluding hydrogens is 328 g/mol. The molecule has 0 fully saturated rings. The number of hydrogen-bond donors (Lipinski definition) is 1. The van der Waals surface area contributed by atoms with Crippen molar-refractivity contribution in [1.29, 1.82) is 0 Å². The van der Waals surface area contributed by atoms with Crippen LogP contribution in [-0.4, -0.2) is 25.1 Å². The molecule has 0 unspecified atom stereocenters. The Labute approximate surface area is 150 Å². The van der Waals surface area contributed by atoms with Crippen LogP contribution in [0.15, 0.2) is 47.0 Å². The Bertz CT molecular complexity index is 1070. The molecule has 4 aromatic rings. The molecule has 7 heteroatoms. The monoisotopic (exact) mass is 346 g/mol. The van der Waals surface area contributed by atoms with E-state index in [9.17, 15) is 0 Å². The van der Waals surface area contributed by atoms with Gasteiger partial charge in [-0.15, -0.1) is 5.10 Å². The van der Waals surface area contributed by atoms with Crippen molar-refractivity contribution >= 4 is 5.82 Å². The molecule has 4 rings (SSSR count). The summed E-state index contributed by atoms with van der Waals surface area (Å²) in [5.41, 5.74) is 11.7. The van der Waals surface area contributed by atoms with Crippen molar-refractivity contribution in [1.82, 2.24) is 25.1 Å². The van der Waals surface area contributed by atoms with E-state index in [-0.39, 0.29) is 5.89 Å². The molecule has 0 radical (unpaired) electrons. The molecule has 0 saturated heterocycles. The van der Waals surface area contributed by atoms with Crippen molar-refractivity contribution in [2.24, 2.45) is 0 Å². The third-order valence-corrected chi connectivity index (χ3v) is 4.17. The SMILES string of the molecule is Cc1cc(C)cc(-n2nnc(-c3nc(-c4ccccc4C)no3)c2N)c1. The Hall–Kier alpha value is -3.48. The molecule has 2 N–H and O–H groups in total. The van der Waals surface area contributed by atoms with Crippen LogP contribution in [-0.2, 0) is 0 Å². The summed E-state index contributed by atoms with van der Waals surface area (Å²) in [6.07, 6.45) is 0. The smallest absolute Gasteiger partial charge is 0.282 e. The molecule has 2 heterocycles. The minimum absolute atomic E-state index is 0.247. The van der Waals surface area contributed by atoms with Gasteiger partial charge in [-0.05, 0) is 49.6 Å². The Morgan fingerprint density at radius 1 is 1.00 bits per heavy atom. The van der Waals surface area contributed by atoms with Crippen LogP contribution in [0.3, 0.4) is 0 Å². The summed E-state index contributed by atoms with van der Waals surface area (Å²) >= 11 is 0. The average molecular weight is 346 g/mol. The first-order valence-corrected chi connectivity index (χ1v) is 8.23. The number of hydrogen-bond acceptors (Lipinski definition) is 6. The highest BCUT2D eigenvalue weighted by Gasteiger charge is 2.20. The fourth-order valence-electron chi connectivity index (χ4n) is 2.96. The predicted molar refractivity (Wildman–Crippen MR) is 98.7 cm³/mol. The summed E-state index contributed by atoms with van der Waals surface area (Å²) in [7, 11) is 0. The number of nitrogens with two attached hydrogens (primary N) is 1.